The van der Waals surface area contributed by atoms with Crippen molar-refractivity contribution in [1.82, 2.24) is 15.1 Å². The minimum atomic E-state index is -0.000302. The lowest BCUT2D eigenvalue weighted by Gasteiger charge is -2.49. The Hall–Kier alpha value is -1.95. The van der Waals surface area contributed by atoms with E-state index >= 15 is 0 Å². The van der Waals surface area contributed by atoms with Crippen LogP contribution in [0.1, 0.15) is 49.6 Å². The second-order valence-electron chi connectivity index (χ2n) is 7.84. The van der Waals surface area contributed by atoms with E-state index in [9.17, 15) is 4.79 Å². The van der Waals surface area contributed by atoms with Crippen LogP contribution in [0.25, 0.3) is 0 Å². The Labute approximate surface area is 165 Å². The second-order valence-corrected chi connectivity index (χ2v) is 8.88. The third-order valence-corrected chi connectivity index (χ3v) is 7.34. The fraction of sp³-hybridized carbons (Fsp3) is 0.571. The molecule has 1 aromatic carbocycles. The number of hydrogen-bond donors (Lipinski definition) is 0. The van der Waals surface area contributed by atoms with Crippen LogP contribution in [0.5, 0.6) is 0 Å². The number of aromatic nitrogens is 2. The molecule has 0 aliphatic carbocycles. The molecule has 2 saturated heterocycles. The molecule has 1 amide bonds. The number of piperidine rings is 2. The Morgan fingerprint density at radius 2 is 1.89 bits per heavy atom. The topological polar surface area (TPSA) is 49.3 Å². The lowest BCUT2D eigenvalue weighted by atomic mass is 9.67. The molecule has 6 heteroatoms. The summed E-state index contributed by atoms with van der Waals surface area (Å²) in [4.78, 5) is 17.5. The van der Waals surface area contributed by atoms with Crippen LogP contribution in [0.4, 0.5) is 5.13 Å². The van der Waals surface area contributed by atoms with E-state index < -0.39 is 0 Å². The van der Waals surface area contributed by atoms with Gasteiger partial charge in [-0.05, 0) is 43.6 Å². The maximum absolute atomic E-state index is 13.0. The number of likely N-dealkylation sites (tertiary alicyclic amines) is 1. The zero-order chi connectivity index (χ0) is 18.9. The van der Waals surface area contributed by atoms with Gasteiger partial charge in [-0.3, -0.25) is 4.79 Å². The van der Waals surface area contributed by atoms with Gasteiger partial charge in [-0.2, -0.15) is 0 Å². The molecule has 1 aromatic heterocycles. The number of benzene rings is 1. The fourth-order valence-corrected chi connectivity index (χ4v) is 5.38. The highest BCUT2D eigenvalue weighted by Gasteiger charge is 2.45. The second kappa shape index (κ2) is 7.58. The van der Waals surface area contributed by atoms with Crippen molar-refractivity contribution in [1.29, 1.82) is 0 Å². The number of amides is 1. The van der Waals surface area contributed by atoms with E-state index in [1.54, 1.807) is 11.3 Å². The van der Waals surface area contributed by atoms with E-state index in [-0.39, 0.29) is 11.3 Å². The third kappa shape index (κ3) is 3.59. The molecule has 2 aliphatic rings. The molecule has 0 bridgehead atoms. The highest BCUT2D eigenvalue weighted by atomic mass is 32.1. The Bertz CT molecular complexity index is 782. The van der Waals surface area contributed by atoms with Gasteiger partial charge in [-0.15, -0.1) is 10.2 Å². The molecule has 2 fully saturated rings. The Morgan fingerprint density at radius 3 is 2.52 bits per heavy atom. The number of likely N-dealkylation sites (N-methyl/N-ethyl adjacent to an activating group) is 1. The van der Waals surface area contributed by atoms with Gasteiger partial charge >= 0.3 is 0 Å². The van der Waals surface area contributed by atoms with Gasteiger partial charge in [0.05, 0.1) is 5.92 Å². The van der Waals surface area contributed by atoms with Crippen LogP contribution in [0, 0.1) is 5.41 Å². The van der Waals surface area contributed by atoms with Crippen molar-refractivity contribution in [3.8, 4) is 0 Å². The molecule has 144 valence electrons. The van der Waals surface area contributed by atoms with Crippen LogP contribution in [-0.4, -0.2) is 47.2 Å². The number of aryl methyl sites for hydroxylation is 1. The highest BCUT2D eigenvalue weighted by molar-refractivity contribution is 7.15. The fourth-order valence-electron chi connectivity index (χ4n) is 4.55. The first-order chi connectivity index (χ1) is 13.1. The monoisotopic (exact) mass is 384 g/mol. The Morgan fingerprint density at radius 1 is 1.15 bits per heavy atom. The number of rotatable bonds is 4. The van der Waals surface area contributed by atoms with Crippen LogP contribution in [0.15, 0.2) is 30.3 Å². The number of carbonyl (C=O) groups is 1. The van der Waals surface area contributed by atoms with Gasteiger partial charge in [-0.1, -0.05) is 48.6 Å². The molecule has 2 aliphatic heterocycles. The normalized spacial score (nSPS) is 22.4. The molecule has 27 heavy (non-hydrogen) atoms. The Balaban J connectivity index is 1.51. The quantitative estimate of drug-likeness (QED) is 0.806. The maximum atomic E-state index is 13.0. The van der Waals surface area contributed by atoms with Crippen molar-refractivity contribution < 1.29 is 4.79 Å². The summed E-state index contributed by atoms with van der Waals surface area (Å²) in [6.07, 6.45) is 4.14. The number of nitrogens with zero attached hydrogens (tertiary/aromatic N) is 4. The van der Waals surface area contributed by atoms with Gasteiger partial charge in [-0.25, -0.2) is 0 Å². The SMILES string of the molecule is CCc1nnc(N2CCC3(CC2)C[C@@H](c2ccccc2)C(=O)N(CC)C3)s1. The minimum Gasteiger partial charge on any atom is -0.347 e. The molecule has 0 N–H and O–H groups in total. The van der Waals surface area contributed by atoms with E-state index in [0.29, 0.717) is 5.91 Å². The number of anilines is 1. The van der Waals surface area contributed by atoms with E-state index in [4.69, 9.17) is 0 Å². The number of hydrogen-bond acceptors (Lipinski definition) is 5. The predicted molar refractivity (Wildman–Crippen MR) is 109 cm³/mol. The van der Waals surface area contributed by atoms with Gasteiger partial charge < -0.3 is 9.80 Å². The summed E-state index contributed by atoms with van der Waals surface area (Å²) in [7, 11) is 0. The molecular formula is C21H28N4OS. The van der Waals surface area contributed by atoms with E-state index in [2.05, 4.69) is 46.0 Å². The van der Waals surface area contributed by atoms with Crippen LogP contribution < -0.4 is 4.90 Å². The minimum absolute atomic E-state index is 0.000302. The third-order valence-electron chi connectivity index (χ3n) is 6.21. The summed E-state index contributed by atoms with van der Waals surface area (Å²) < 4.78 is 0. The van der Waals surface area contributed by atoms with Gasteiger partial charge in [0.15, 0.2) is 0 Å². The maximum Gasteiger partial charge on any atom is 0.230 e. The highest BCUT2D eigenvalue weighted by Crippen LogP contribution is 2.46. The average molecular weight is 385 g/mol. The van der Waals surface area contributed by atoms with Crippen molar-refractivity contribution >= 4 is 22.4 Å². The summed E-state index contributed by atoms with van der Waals surface area (Å²) in [5.74, 6) is 0.299. The molecule has 4 rings (SSSR count). The van der Waals surface area contributed by atoms with E-state index in [1.807, 2.05) is 18.2 Å². The smallest absolute Gasteiger partial charge is 0.230 e. The van der Waals surface area contributed by atoms with Crippen molar-refractivity contribution in [3.63, 3.8) is 0 Å². The van der Waals surface area contributed by atoms with Crippen molar-refractivity contribution in [3.05, 3.63) is 40.9 Å². The van der Waals surface area contributed by atoms with Crippen molar-refractivity contribution in [2.75, 3.05) is 31.1 Å². The van der Waals surface area contributed by atoms with Gasteiger partial charge in [0.2, 0.25) is 11.0 Å². The van der Waals surface area contributed by atoms with Crippen molar-refractivity contribution in [2.24, 2.45) is 5.41 Å². The molecule has 0 saturated carbocycles. The van der Waals surface area contributed by atoms with Gasteiger partial charge in [0, 0.05) is 26.2 Å². The summed E-state index contributed by atoms with van der Waals surface area (Å²) in [6, 6.07) is 10.3. The largest absolute Gasteiger partial charge is 0.347 e. The molecule has 5 nitrogen and oxygen atoms in total. The van der Waals surface area contributed by atoms with E-state index in [1.165, 1.54) is 5.56 Å². The van der Waals surface area contributed by atoms with Crippen LogP contribution in [-0.2, 0) is 11.2 Å². The lowest BCUT2D eigenvalue weighted by molar-refractivity contribution is -0.140. The van der Waals surface area contributed by atoms with Crippen LogP contribution in [0.3, 0.4) is 0 Å². The lowest BCUT2D eigenvalue weighted by Crippen LogP contribution is -2.54. The first kappa shape index (κ1) is 18.4. The molecule has 2 aromatic rings. The first-order valence-corrected chi connectivity index (χ1v) is 10.9. The zero-order valence-electron chi connectivity index (χ0n) is 16.2. The summed E-state index contributed by atoms with van der Waals surface area (Å²) >= 11 is 1.72. The zero-order valence-corrected chi connectivity index (χ0v) is 17.0. The standard InChI is InChI=1S/C21H28N4OS/c1-3-18-22-23-20(27-18)25-12-10-21(11-13-25)14-17(16-8-6-5-7-9-16)19(26)24(4-2)15-21/h5-9,17H,3-4,10-15H2,1-2H3/t17-/m0/s1. The van der Waals surface area contributed by atoms with Crippen molar-refractivity contribution in [2.45, 2.75) is 45.4 Å². The van der Waals surface area contributed by atoms with Gasteiger partial charge in [0.1, 0.15) is 5.01 Å². The van der Waals surface area contributed by atoms with E-state index in [0.717, 1.165) is 62.0 Å². The molecule has 1 spiro atoms. The van der Waals surface area contributed by atoms with Gasteiger partial charge in [0.25, 0.3) is 0 Å². The first-order valence-electron chi connectivity index (χ1n) is 10.0. The Kier molecular flexibility index (Phi) is 5.17. The molecular weight excluding hydrogens is 356 g/mol. The van der Waals surface area contributed by atoms with Crippen LogP contribution >= 0.6 is 11.3 Å². The van der Waals surface area contributed by atoms with Crippen LogP contribution in [0.2, 0.25) is 0 Å². The summed E-state index contributed by atoms with van der Waals surface area (Å²) in [5.41, 5.74) is 1.39. The predicted octanol–water partition coefficient (Wildman–Crippen LogP) is 3.72. The molecule has 3 heterocycles. The molecule has 0 radical (unpaired) electrons. The molecule has 0 unspecified atom stereocenters. The summed E-state index contributed by atoms with van der Waals surface area (Å²) in [6.45, 7) is 7.93. The number of carbonyl (C=O) groups excluding carboxylic acids is 1. The average Bonchev–Trinajstić information content (AvgIpc) is 3.20. The summed E-state index contributed by atoms with van der Waals surface area (Å²) in [5, 5.41) is 10.8. The molecule has 1 atom stereocenters.